The third-order valence-electron chi connectivity index (χ3n) is 3.84. The molecule has 1 amide bonds. The van der Waals surface area contributed by atoms with Crippen LogP contribution in [0.1, 0.15) is 65.7 Å². The van der Waals surface area contributed by atoms with E-state index in [0.29, 0.717) is 6.04 Å². The van der Waals surface area contributed by atoms with Crippen molar-refractivity contribution in [2.24, 2.45) is 5.41 Å². The summed E-state index contributed by atoms with van der Waals surface area (Å²) in [6, 6.07) is 0.358. The number of hydrogen-bond donors (Lipinski definition) is 1. The summed E-state index contributed by atoms with van der Waals surface area (Å²) in [5, 5.41) is 3.02. The second kappa shape index (κ2) is 5.53. The van der Waals surface area contributed by atoms with Gasteiger partial charge in [-0.1, -0.05) is 46.0 Å². The van der Waals surface area contributed by atoms with Gasteiger partial charge in [-0.05, 0) is 18.8 Å². The first kappa shape index (κ1) is 12.5. The van der Waals surface area contributed by atoms with Crippen LogP contribution in [0.25, 0.3) is 0 Å². The molecule has 15 heavy (non-hydrogen) atoms. The molecule has 1 N–H and O–H groups in total. The van der Waals surface area contributed by atoms with Gasteiger partial charge in [-0.15, -0.1) is 0 Å². The molecule has 0 aromatic heterocycles. The highest BCUT2D eigenvalue weighted by molar-refractivity contribution is 5.79. The lowest BCUT2D eigenvalue weighted by atomic mass is 9.78. The molecule has 1 aliphatic rings. The Bertz CT molecular complexity index is 215. The molecule has 0 aliphatic carbocycles. The summed E-state index contributed by atoms with van der Waals surface area (Å²) in [5.74, 6) is 0.235. The number of unbranched alkanes of at least 4 members (excludes halogenated alkanes) is 4. The second-order valence-electron chi connectivity index (χ2n) is 5.28. The van der Waals surface area contributed by atoms with Crippen LogP contribution in [0, 0.1) is 5.41 Å². The molecule has 0 saturated carbocycles. The molecule has 0 bridgehead atoms. The minimum atomic E-state index is 0.212. The van der Waals surface area contributed by atoms with Crippen molar-refractivity contribution < 1.29 is 4.79 Å². The van der Waals surface area contributed by atoms with Gasteiger partial charge in [0.1, 0.15) is 0 Å². The molecular weight excluding hydrogens is 186 g/mol. The van der Waals surface area contributed by atoms with E-state index in [1.807, 2.05) is 0 Å². The number of amides is 1. The first-order valence-corrected chi connectivity index (χ1v) is 6.38. The minimum absolute atomic E-state index is 0.212. The van der Waals surface area contributed by atoms with Gasteiger partial charge in [-0.25, -0.2) is 0 Å². The van der Waals surface area contributed by atoms with Crippen LogP contribution in [-0.4, -0.2) is 11.9 Å². The quantitative estimate of drug-likeness (QED) is 0.671. The largest absolute Gasteiger partial charge is 0.353 e. The van der Waals surface area contributed by atoms with Crippen molar-refractivity contribution in [1.82, 2.24) is 5.32 Å². The van der Waals surface area contributed by atoms with Crippen LogP contribution in [0.15, 0.2) is 0 Å². The fraction of sp³-hybridized carbons (Fsp3) is 0.923. The number of rotatable bonds is 6. The molecule has 0 aromatic carbocycles. The molecule has 2 heteroatoms. The fourth-order valence-corrected chi connectivity index (χ4v) is 2.42. The zero-order valence-corrected chi connectivity index (χ0v) is 10.4. The molecule has 0 radical (unpaired) electrons. The van der Waals surface area contributed by atoms with Gasteiger partial charge >= 0.3 is 0 Å². The van der Waals surface area contributed by atoms with E-state index >= 15 is 0 Å². The van der Waals surface area contributed by atoms with E-state index in [0.717, 1.165) is 6.42 Å². The van der Waals surface area contributed by atoms with E-state index in [-0.39, 0.29) is 11.3 Å². The van der Waals surface area contributed by atoms with Crippen LogP contribution in [0.4, 0.5) is 0 Å². The van der Waals surface area contributed by atoms with E-state index in [2.05, 4.69) is 26.1 Å². The first-order valence-electron chi connectivity index (χ1n) is 6.38. The zero-order valence-electron chi connectivity index (χ0n) is 10.4. The number of carbonyl (C=O) groups excluding carboxylic acids is 1. The number of hydrogen-bond acceptors (Lipinski definition) is 1. The summed E-state index contributed by atoms with van der Waals surface area (Å²) >= 11 is 0. The highest BCUT2D eigenvalue weighted by Gasteiger charge is 2.39. The Labute approximate surface area is 93.8 Å². The van der Waals surface area contributed by atoms with Gasteiger partial charge in [0.2, 0.25) is 5.91 Å². The summed E-state index contributed by atoms with van der Waals surface area (Å²) in [4.78, 5) is 11.3. The van der Waals surface area contributed by atoms with E-state index < -0.39 is 0 Å². The molecule has 1 heterocycles. The van der Waals surface area contributed by atoms with Crippen LogP contribution >= 0.6 is 0 Å². The Morgan fingerprint density at radius 1 is 1.33 bits per heavy atom. The highest BCUT2D eigenvalue weighted by Crippen LogP contribution is 2.36. The van der Waals surface area contributed by atoms with Crippen LogP contribution in [0.3, 0.4) is 0 Å². The Hall–Kier alpha value is -0.530. The Morgan fingerprint density at radius 3 is 2.53 bits per heavy atom. The summed E-state index contributed by atoms with van der Waals surface area (Å²) in [6.45, 7) is 6.62. The molecule has 88 valence electrons. The van der Waals surface area contributed by atoms with E-state index in [4.69, 9.17) is 0 Å². The predicted molar refractivity (Wildman–Crippen MR) is 63.7 cm³/mol. The molecule has 0 aromatic rings. The number of nitrogens with one attached hydrogen (secondary N) is 1. The summed E-state index contributed by atoms with van der Waals surface area (Å²) < 4.78 is 0. The Kier molecular flexibility index (Phi) is 4.62. The average molecular weight is 211 g/mol. The van der Waals surface area contributed by atoms with E-state index in [1.165, 1.54) is 38.5 Å². The topological polar surface area (TPSA) is 29.1 Å². The van der Waals surface area contributed by atoms with Crippen LogP contribution in [-0.2, 0) is 4.79 Å². The maximum Gasteiger partial charge on any atom is 0.220 e. The fourth-order valence-electron chi connectivity index (χ4n) is 2.42. The van der Waals surface area contributed by atoms with Crippen molar-refractivity contribution in [3.8, 4) is 0 Å². The molecule has 1 fully saturated rings. The van der Waals surface area contributed by atoms with Gasteiger partial charge in [0.25, 0.3) is 0 Å². The van der Waals surface area contributed by atoms with Crippen molar-refractivity contribution in [3.63, 3.8) is 0 Å². The highest BCUT2D eigenvalue weighted by atomic mass is 16.2. The summed E-state index contributed by atoms with van der Waals surface area (Å²) in [5.41, 5.74) is 0.212. The molecule has 1 aliphatic heterocycles. The van der Waals surface area contributed by atoms with Crippen molar-refractivity contribution in [3.05, 3.63) is 0 Å². The number of carbonyl (C=O) groups is 1. The predicted octanol–water partition coefficient (Wildman–Crippen LogP) is 3.26. The van der Waals surface area contributed by atoms with Gasteiger partial charge in [0.15, 0.2) is 0 Å². The van der Waals surface area contributed by atoms with E-state index in [1.54, 1.807) is 0 Å². The van der Waals surface area contributed by atoms with Crippen LogP contribution in [0.5, 0.6) is 0 Å². The van der Waals surface area contributed by atoms with Gasteiger partial charge < -0.3 is 5.32 Å². The van der Waals surface area contributed by atoms with Crippen LogP contribution < -0.4 is 5.32 Å². The zero-order chi connectivity index (χ0) is 11.3. The minimum Gasteiger partial charge on any atom is -0.353 e. The molecule has 1 rings (SSSR count). The lowest BCUT2D eigenvalue weighted by Crippen LogP contribution is -2.32. The molecule has 2 atom stereocenters. The molecule has 2 unspecified atom stereocenters. The normalized spacial score (nSPS) is 30.6. The third-order valence-corrected chi connectivity index (χ3v) is 3.84. The summed E-state index contributed by atoms with van der Waals surface area (Å²) in [6.07, 6.45) is 8.51. The monoisotopic (exact) mass is 211 g/mol. The Balaban J connectivity index is 2.22. The van der Waals surface area contributed by atoms with Crippen molar-refractivity contribution in [2.45, 2.75) is 71.8 Å². The molecule has 1 saturated heterocycles. The van der Waals surface area contributed by atoms with Crippen molar-refractivity contribution in [2.75, 3.05) is 0 Å². The standard InChI is InChI=1S/C13H25NO/c1-4-5-6-7-8-9-13(3)10-12(15)14-11(13)2/h11H,4-10H2,1-3H3,(H,14,15). The van der Waals surface area contributed by atoms with Crippen molar-refractivity contribution >= 4 is 5.91 Å². The van der Waals surface area contributed by atoms with Crippen LogP contribution in [0.2, 0.25) is 0 Å². The van der Waals surface area contributed by atoms with E-state index in [9.17, 15) is 4.79 Å². The molecule has 2 nitrogen and oxygen atoms in total. The smallest absolute Gasteiger partial charge is 0.220 e. The third kappa shape index (κ3) is 3.51. The molecular formula is C13H25NO. The maximum atomic E-state index is 11.3. The SMILES string of the molecule is CCCCCCCC1(C)CC(=O)NC1C. The summed E-state index contributed by atoms with van der Waals surface area (Å²) in [7, 11) is 0. The Morgan fingerprint density at radius 2 is 2.00 bits per heavy atom. The lowest BCUT2D eigenvalue weighted by Gasteiger charge is -2.27. The average Bonchev–Trinajstić information content (AvgIpc) is 2.41. The second-order valence-corrected chi connectivity index (χ2v) is 5.28. The van der Waals surface area contributed by atoms with Gasteiger partial charge in [0.05, 0.1) is 0 Å². The van der Waals surface area contributed by atoms with Gasteiger partial charge in [-0.2, -0.15) is 0 Å². The van der Waals surface area contributed by atoms with Crippen molar-refractivity contribution in [1.29, 1.82) is 0 Å². The van der Waals surface area contributed by atoms with Gasteiger partial charge in [-0.3, -0.25) is 4.79 Å². The molecule has 0 spiro atoms. The van der Waals surface area contributed by atoms with Gasteiger partial charge in [0, 0.05) is 12.5 Å². The lowest BCUT2D eigenvalue weighted by molar-refractivity contribution is -0.119. The maximum absolute atomic E-state index is 11.3. The first-order chi connectivity index (χ1) is 7.08.